The first-order valence-corrected chi connectivity index (χ1v) is 6.92. The fourth-order valence-electron chi connectivity index (χ4n) is 1.93. The molecule has 5 heteroatoms. The van der Waals surface area contributed by atoms with E-state index >= 15 is 0 Å². The molecular formula is C15H24F2N2O. The Morgan fingerprint density at radius 2 is 1.80 bits per heavy atom. The van der Waals surface area contributed by atoms with Gasteiger partial charge in [0.2, 0.25) is 0 Å². The molecule has 0 aromatic heterocycles. The van der Waals surface area contributed by atoms with Crippen LogP contribution in [0.15, 0.2) is 24.3 Å². The quantitative estimate of drug-likeness (QED) is 0.705. The highest BCUT2D eigenvalue weighted by molar-refractivity contribution is 5.28. The molecule has 0 saturated carbocycles. The Bertz CT molecular complexity index is 369. The van der Waals surface area contributed by atoms with E-state index in [0.717, 1.165) is 31.5 Å². The molecule has 0 aliphatic carbocycles. The number of nitrogens with one attached hydrogen (secondary N) is 1. The first-order chi connectivity index (χ1) is 9.49. The number of nitrogens with zero attached hydrogens (tertiary/aromatic N) is 1. The highest BCUT2D eigenvalue weighted by Gasteiger charge is 2.07. The van der Waals surface area contributed by atoms with E-state index in [1.54, 1.807) is 12.1 Å². The van der Waals surface area contributed by atoms with Gasteiger partial charge in [-0.1, -0.05) is 12.1 Å². The minimum absolute atomic E-state index is 0.196. The van der Waals surface area contributed by atoms with E-state index in [0.29, 0.717) is 0 Å². The Morgan fingerprint density at radius 3 is 2.35 bits per heavy atom. The largest absolute Gasteiger partial charge is 0.435 e. The molecule has 1 rings (SSSR count). The van der Waals surface area contributed by atoms with Gasteiger partial charge in [0.1, 0.15) is 5.75 Å². The molecule has 0 spiro atoms. The van der Waals surface area contributed by atoms with Crippen molar-refractivity contribution in [3.05, 3.63) is 29.8 Å². The molecular weight excluding hydrogens is 262 g/mol. The zero-order valence-electron chi connectivity index (χ0n) is 12.4. The van der Waals surface area contributed by atoms with Crippen molar-refractivity contribution in [1.29, 1.82) is 0 Å². The van der Waals surface area contributed by atoms with Gasteiger partial charge < -0.3 is 15.0 Å². The van der Waals surface area contributed by atoms with Crippen LogP contribution in [0.2, 0.25) is 0 Å². The number of hydrogen-bond acceptors (Lipinski definition) is 3. The van der Waals surface area contributed by atoms with E-state index < -0.39 is 6.61 Å². The molecule has 1 aromatic carbocycles. The third-order valence-electron chi connectivity index (χ3n) is 3.09. The smallest absolute Gasteiger partial charge is 0.387 e. The van der Waals surface area contributed by atoms with Crippen LogP contribution in [0.1, 0.15) is 31.4 Å². The molecule has 20 heavy (non-hydrogen) atoms. The SMILES string of the molecule is CC(NCCCCN(C)C)c1ccc(OC(F)F)cc1. The zero-order chi connectivity index (χ0) is 15.0. The van der Waals surface area contributed by atoms with Gasteiger partial charge in [-0.3, -0.25) is 0 Å². The number of rotatable bonds is 9. The predicted molar refractivity (Wildman–Crippen MR) is 77.3 cm³/mol. The van der Waals surface area contributed by atoms with E-state index in [4.69, 9.17) is 0 Å². The Morgan fingerprint density at radius 1 is 1.15 bits per heavy atom. The van der Waals surface area contributed by atoms with E-state index in [9.17, 15) is 8.78 Å². The normalized spacial score (nSPS) is 12.9. The number of unbranched alkanes of at least 4 members (excludes halogenated alkanes) is 1. The minimum atomic E-state index is -2.77. The van der Waals surface area contributed by atoms with Gasteiger partial charge in [0.15, 0.2) is 0 Å². The van der Waals surface area contributed by atoms with Crippen molar-refractivity contribution in [1.82, 2.24) is 10.2 Å². The van der Waals surface area contributed by atoms with Gasteiger partial charge in [0.05, 0.1) is 0 Å². The van der Waals surface area contributed by atoms with Crippen LogP contribution in [-0.2, 0) is 0 Å². The lowest BCUT2D eigenvalue weighted by Crippen LogP contribution is -2.21. The van der Waals surface area contributed by atoms with Gasteiger partial charge in [-0.15, -0.1) is 0 Å². The monoisotopic (exact) mass is 286 g/mol. The maximum absolute atomic E-state index is 12.0. The maximum Gasteiger partial charge on any atom is 0.387 e. The second-order valence-corrected chi connectivity index (χ2v) is 5.13. The van der Waals surface area contributed by atoms with E-state index in [1.807, 2.05) is 12.1 Å². The number of alkyl halides is 2. The lowest BCUT2D eigenvalue weighted by Gasteiger charge is -2.15. The third kappa shape index (κ3) is 6.82. The molecule has 0 saturated heterocycles. The highest BCUT2D eigenvalue weighted by atomic mass is 19.3. The Kier molecular flexibility index (Phi) is 7.47. The van der Waals surface area contributed by atoms with Crippen LogP contribution in [0.5, 0.6) is 5.75 Å². The lowest BCUT2D eigenvalue weighted by molar-refractivity contribution is -0.0498. The highest BCUT2D eigenvalue weighted by Crippen LogP contribution is 2.19. The summed E-state index contributed by atoms with van der Waals surface area (Å²) in [6.45, 7) is 1.34. The van der Waals surface area contributed by atoms with Gasteiger partial charge in [0, 0.05) is 6.04 Å². The Balaban J connectivity index is 2.30. The van der Waals surface area contributed by atoms with Crippen molar-refractivity contribution in [3.8, 4) is 5.75 Å². The molecule has 114 valence electrons. The Labute approximate surface area is 119 Å². The molecule has 0 heterocycles. The van der Waals surface area contributed by atoms with Crippen LogP contribution in [0, 0.1) is 0 Å². The molecule has 0 aliphatic rings. The van der Waals surface area contributed by atoms with Gasteiger partial charge in [0.25, 0.3) is 0 Å². The summed E-state index contributed by atoms with van der Waals surface area (Å²) in [6.07, 6.45) is 2.28. The molecule has 1 N–H and O–H groups in total. The fraction of sp³-hybridized carbons (Fsp3) is 0.600. The summed E-state index contributed by atoms with van der Waals surface area (Å²) < 4.78 is 28.4. The molecule has 0 amide bonds. The van der Waals surface area contributed by atoms with E-state index in [-0.39, 0.29) is 11.8 Å². The molecule has 1 unspecified atom stereocenters. The summed E-state index contributed by atoms with van der Waals surface area (Å²) in [5.41, 5.74) is 1.07. The lowest BCUT2D eigenvalue weighted by atomic mass is 10.1. The standard InChI is InChI=1S/C15H24F2N2O/c1-12(18-10-4-5-11-19(2)3)13-6-8-14(9-7-13)20-15(16)17/h6-9,12,15,18H,4-5,10-11H2,1-3H3. The molecule has 0 bridgehead atoms. The van der Waals surface area contributed by atoms with Crippen molar-refractivity contribution in [2.45, 2.75) is 32.4 Å². The summed E-state index contributed by atoms with van der Waals surface area (Å²) in [4.78, 5) is 2.17. The van der Waals surface area contributed by atoms with Gasteiger partial charge in [-0.2, -0.15) is 8.78 Å². The van der Waals surface area contributed by atoms with Crippen molar-refractivity contribution in [2.75, 3.05) is 27.2 Å². The molecule has 0 fully saturated rings. The maximum atomic E-state index is 12.0. The number of ether oxygens (including phenoxy) is 1. The number of halogens is 2. The fourth-order valence-corrected chi connectivity index (χ4v) is 1.93. The third-order valence-corrected chi connectivity index (χ3v) is 3.09. The second kappa shape index (κ2) is 8.87. The summed E-state index contributed by atoms with van der Waals surface area (Å²) in [5, 5.41) is 3.43. The summed E-state index contributed by atoms with van der Waals surface area (Å²) in [5.74, 6) is 0.196. The topological polar surface area (TPSA) is 24.5 Å². The van der Waals surface area contributed by atoms with Crippen LogP contribution >= 0.6 is 0 Å². The second-order valence-electron chi connectivity index (χ2n) is 5.13. The first kappa shape index (κ1) is 16.9. The molecule has 0 radical (unpaired) electrons. The van der Waals surface area contributed by atoms with Crippen molar-refractivity contribution >= 4 is 0 Å². The average Bonchev–Trinajstić information content (AvgIpc) is 2.38. The van der Waals surface area contributed by atoms with Crippen molar-refractivity contribution < 1.29 is 13.5 Å². The van der Waals surface area contributed by atoms with Crippen LogP contribution in [0.3, 0.4) is 0 Å². The Hall–Kier alpha value is -1.20. The zero-order valence-corrected chi connectivity index (χ0v) is 12.4. The number of hydrogen-bond donors (Lipinski definition) is 1. The summed E-state index contributed by atoms with van der Waals surface area (Å²) in [7, 11) is 4.14. The van der Waals surface area contributed by atoms with Gasteiger partial charge >= 0.3 is 6.61 Å². The molecule has 3 nitrogen and oxygen atoms in total. The van der Waals surface area contributed by atoms with Gasteiger partial charge in [-0.25, -0.2) is 0 Å². The summed E-state index contributed by atoms with van der Waals surface area (Å²) >= 11 is 0. The van der Waals surface area contributed by atoms with Crippen molar-refractivity contribution in [2.24, 2.45) is 0 Å². The number of benzene rings is 1. The van der Waals surface area contributed by atoms with Crippen LogP contribution in [0.4, 0.5) is 8.78 Å². The van der Waals surface area contributed by atoms with E-state index in [1.165, 1.54) is 0 Å². The van der Waals surface area contributed by atoms with Crippen molar-refractivity contribution in [3.63, 3.8) is 0 Å². The summed E-state index contributed by atoms with van der Waals surface area (Å²) in [6, 6.07) is 6.98. The van der Waals surface area contributed by atoms with Crippen LogP contribution in [0.25, 0.3) is 0 Å². The first-order valence-electron chi connectivity index (χ1n) is 6.92. The molecule has 1 atom stereocenters. The minimum Gasteiger partial charge on any atom is -0.435 e. The predicted octanol–water partition coefficient (Wildman–Crippen LogP) is 3.28. The van der Waals surface area contributed by atoms with Crippen LogP contribution in [-0.4, -0.2) is 38.7 Å². The molecule has 1 aromatic rings. The van der Waals surface area contributed by atoms with Crippen LogP contribution < -0.4 is 10.1 Å². The van der Waals surface area contributed by atoms with Gasteiger partial charge in [-0.05, 0) is 64.6 Å². The molecule has 0 aliphatic heterocycles. The average molecular weight is 286 g/mol. The van der Waals surface area contributed by atoms with E-state index in [2.05, 4.69) is 36.0 Å².